The standard InChI is InChI=1S/C14H17N3O2S/c1-7-4-3-5-9-10(7)11-12(17-8(2)14(18)19)15-6-16-13(11)20-9/h6-8H,3-5H2,1-2H3,(H,18,19)(H,15,16,17)/p-1/t7-,8+/m0/s1. The third-order valence-electron chi connectivity index (χ3n) is 3.84. The molecule has 2 atom stereocenters. The Labute approximate surface area is 121 Å². The lowest BCUT2D eigenvalue weighted by atomic mass is 9.87. The van der Waals surface area contributed by atoms with Gasteiger partial charge in [0.25, 0.3) is 0 Å². The van der Waals surface area contributed by atoms with E-state index in [1.807, 2.05) is 0 Å². The van der Waals surface area contributed by atoms with Crippen LogP contribution in [-0.2, 0) is 11.2 Å². The number of carboxylic acid groups (broad SMARTS) is 1. The van der Waals surface area contributed by atoms with E-state index in [0.717, 1.165) is 23.1 Å². The Bertz CT molecular complexity index is 668. The Morgan fingerprint density at radius 3 is 3.10 bits per heavy atom. The minimum Gasteiger partial charge on any atom is -0.548 e. The minimum absolute atomic E-state index is 0.470. The first-order valence-corrected chi connectivity index (χ1v) is 7.63. The van der Waals surface area contributed by atoms with Crippen molar-refractivity contribution >= 4 is 33.3 Å². The van der Waals surface area contributed by atoms with E-state index in [9.17, 15) is 9.90 Å². The van der Waals surface area contributed by atoms with Crippen molar-refractivity contribution in [2.75, 3.05) is 5.32 Å². The lowest BCUT2D eigenvalue weighted by Gasteiger charge is -2.20. The minimum atomic E-state index is -1.13. The van der Waals surface area contributed by atoms with Gasteiger partial charge in [-0.3, -0.25) is 0 Å². The number of rotatable bonds is 3. The summed E-state index contributed by atoms with van der Waals surface area (Å²) in [4.78, 5) is 21.8. The summed E-state index contributed by atoms with van der Waals surface area (Å²) in [6.45, 7) is 3.77. The van der Waals surface area contributed by atoms with Crippen LogP contribution in [0.25, 0.3) is 10.2 Å². The lowest BCUT2D eigenvalue weighted by molar-refractivity contribution is -0.306. The molecule has 0 aromatic carbocycles. The molecule has 6 heteroatoms. The molecule has 0 radical (unpaired) electrons. The summed E-state index contributed by atoms with van der Waals surface area (Å²) in [7, 11) is 0. The Morgan fingerprint density at radius 1 is 1.55 bits per heavy atom. The number of carbonyl (C=O) groups excluding carboxylic acids is 1. The van der Waals surface area contributed by atoms with Crippen molar-refractivity contribution in [1.82, 2.24) is 9.97 Å². The predicted octanol–water partition coefficient (Wildman–Crippen LogP) is 1.68. The number of thiophene rings is 1. The van der Waals surface area contributed by atoms with Gasteiger partial charge in [-0.2, -0.15) is 0 Å². The molecule has 0 amide bonds. The number of aryl methyl sites for hydroxylation is 1. The summed E-state index contributed by atoms with van der Waals surface area (Å²) in [5.41, 5.74) is 1.30. The van der Waals surface area contributed by atoms with Crippen molar-refractivity contribution < 1.29 is 9.90 Å². The van der Waals surface area contributed by atoms with Crippen molar-refractivity contribution in [2.24, 2.45) is 0 Å². The van der Waals surface area contributed by atoms with Gasteiger partial charge in [-0.25, -0.2) is 9.97 Å². The average Bonchev–Trinajstić information content (AvgIpc) is 2.79. The summed E-state index contributed by atoms with van der Waals surface area (Å²) < 4.78 is 0. The van der Waals surface area contributed by atoms with Crippen molar-refractivity contribution in [3.05, 3.63) is 16.8 Å². The number of fused-ring (bicyclic) bond motifs is 3. The fraction of sp³-hybridized carbons (Fsp3) is 0.500. The topological polar surface area (TPSA) is 77.9 Å². The van der Waals surface area contributed by atoms with Crippen molar-refractivity contribution in [1.29, 1.82) is 0 Å². The van der Waals surface area contributed by atoms with Crippen molar-refractivity contribution in [2.45, 2.75) is 45.1 Å². The molecular formula is C14H16N3O2S-. The molecular weight excluding hydrogens is 274 g/mol. The van der Waals surface area contributed by atoms with Crippen LogP contribution in [0.4, 0.5) is 5.82 Å². The summed E-state index contributed by atoms with van der Waals surface area (Å²) >= 11 is 1.70. The number of carboxylic acids is 1. The van der Waals surface area contributed by atoms with Gasteiger partial charge >= 0.3 is 0 Å². The van der Waals surface area contributed by atoms with E-state index in [0.29, 0.717) is 11.7 Å². The molecule has 0 saturated carbocycles. The van der Waals surface area contributed by atoms with E-state index in [-0.39, 0.29) is 0 Å². The summed E-state index contributed by atoms with van der Waals surface area (Å²) in [5.74, 6) is -0.0517. The number of hydrogen-bond acceptors (Lipinski definition) is 6. The summed E-state index contributed by atoms with van der Waals surface area (Å²) in [5, 5.41) is 14.8. The van der Waals surface area contributed by atoms with Gasteiger partial charge in [-0.1, -0.05) is 6.92 Å². The van der Waals surface area contributed by atoms with Crippen molar-refractivity contribution in [3.63, 3.8) is 0 Å². The van der Waals surface area contributed by atoms with Gasteiger partial charge in [0.15, 0.2) is 0 Å². The fourth-order valence-electron chi connectivity index (χ4n) is 2.79. The number of hydrogen-bond donors (Lipinski definition) is 1. The Hall–Kier alpha value is -1.69. The zero-order valence-corrected chi connectivity index (χ0v) is 12.3. The van der Waals surface area contributed by atoms with E-state index in [1.54, 1.807) is 18.3 Å². The normalized spacial score (nSPS) is 19.6. The number of nitrogens with zero attached hydrogens (tertiary/aromatic N) is 2. The zero-order valence-electron chi connectivity index (χ0n) is 11.5. The van der Waals surface area contributed by atoms with E-state index < -0.39 is 12.0 Å². The van der Waals surface area contributed by atoms with Crippen LogP contribution in [0.5, 0.6) is 0 Å². The molecule has 106 valence electrons. The number of aromatic nitrogens is 2. The summed E-state index contributed by atoms with van der Waals surface area (Å²) in [6, 6.07) is -0.775. The maximum Gasteiger partial charge on any atom is 0.138 e. The van der Waals surface area contributed by atoms with Gasteiger partial charge in [-0.05, 0) is 37.7 Å². The molecule has 0 unspecified atom stereocenters. The second kappa shape index (κ2) is 5.01. The molecule has 2 aromatic rings. The van der Waals surface area contributed by atoms with Crippen LogP contribution in [0, 0.1) is 0 Å². The van der Waals surface area contributed by atoms with Gasteiger partial charge < -0.3 is 15.2 Å². The maximum absolute atomic E-state index is 10.9. The quantitative estimate of drug-likeness (QED) is 0.930. The highest BCUT2D eigenvalue weighted by Gasteiger charge is 2.25. The van der Waals surface area contributed by atoms with Crippen LogP contribution < -0.4 is 10.4 Å². The van der Waals surface area contributed by atoms with Crippen LogP contribution in [0.2, 0.25) is 0 Å². The molecule has 20 heavy (non-hydrogen) atoms. The van der Waals surface area contributed by atoms with E-state index in [4.69, 9.17) is 0 Å². The molecule has 0 spiro atoms. The third-order valence-corrected chi connectivity index (χ3v) is 5.02. The van der Waals surface area contributed by atoms with E-state index in [2.05, 4.69) is 22.2 Å². The lowest BCUT2D eigenvalue weighted by Crippen LogP contribution is -2.38. The number of anilines is 1. The first-order valence-electron chi connectivity index (χ1n) is 6.81. The monoisotopic (exact) mass is 290 g/mol. The smallest absolute Gasteiger partial charge is 0.138 e. The van der Waals surface area contributed by atoms with Crippen molar-refractivity contribution in [3.8, 4) is 0 Å². The SMILES string of the molecule is C[C@@H](Nc1ncnc2sc3c(c12)[C@@H](C)CCC3)C(=O)[O-]. The fourth-order valence-corrected chi connectivity index (χ4v) is 4.10. The Kier molecular flexibility index (Phi) is 3.33. The van der Waals surface area contributed by atoms with Crippen LogP contribution >= 0.6 is 11.3 Å². The Morgan fingerprint density at radius 2 is 2.35 bits per heavy atom. The van der Waals surface area contributed by atoms with Crippen LogP contribution in [-0.4, -0.2) is 22.0 Å². The highest BCUT2D eigenvalue weighted by atomic mass is 32.1. The number of carbonyl (C=O) groups is 1. The highest BCUT2D eigenvalue weighted by molar-refractivity contribution is 7.19. The van der Waals surface area contributed by atoms with E-state index >= 15 is 0 Å². The van der Waals surface area contributed by atoms with Gasteiger partial charge in [0.05, 0.1) is 17.4 Å². The molecule has 0 bridgehead atoms. The number of nitrogens with one attached hydrogen (secondary N) is 1. The molecule has 3 rings (SSSR count). The highest BCUT2D eigenvalue weighted by Crippen LogP contribution is 2.43. The van der Waals surface area contributed by atoms with Crippen LogP contribution in [0.3, 0.4) is 0 Å². The van der Waals surface area contributed by atoms with Gasteiger partial charge in [0.2, 0.25) is 0 Å². The average molecular weight is 290 g/mol. The molecule has 2 heterocycles. The largest absolute Gasteiger partial charge is 0.548 e. The second-order valence-corrected chi connectivity index (χ2v) is 6.40. The third kappa shape index (κ3) is 2.14. The first kappa shape index (κ1) is 13.3. The predicted molar refractivity (Wildman–Crippen MR) is 76.9 cm³/mol. The molecule has 5 nitrogen and oxygen atoms in total. The zero-order chi connectivity index (χ0) is 14.3. The van der Waals surface area contributed by atoms with Crippen LogP contribution in [0.1, 0.15) is 43.0 Å². The molecule has 0 fully saturated rings. The molecule has 2 aromatic heterocycles. The summed E-state index contributed by atoms with van der Waals surface area (Å²) in [6.07, 6.45) is 4.92. The molecule has 1 N–H and O–H groups in total. The Balaban J connectivity index is 2.13. The van der Waals surface area contributed by atoms with Gasteiger partial charge in [-0.15, -0.1) is 11.3 Å². The van der Waals surface area contributed by atoms with Gasteiger partial charge in [0.1, 0.15) is 17.0 Å². The van der Waals surface area contributed by atoms with E-state index in [1.165, 1.54) is 23.2 Å². The molecule has 1 aliphatic carbocycles. The maximum atomic E-state index is 10.9. The second-order valence-electron chi connectivity index (χ2n) is 5.32. The molecule has 0 saturated heterocycles. The molecule has 0 aliphatic heterocycles. The molecule has 1 aliphatic rings. The van der Waals surface area contributed by atoms with Gasteiger partial charge in [0, 0.05) is 4.88 Å². The van der Waals surface area contributed by atoms with Crippen LogP contribution in [0.15, 0.2) is 6.33 Å². The first-order chi connectivity index (χ1) is 9.58. The number of aliphatic carboxylic acids is 1.